The number of hydrogen-bond acceptors (Lipinski definition) is 7. The Balaban J connectivity index is 1.77. The highest BCUT2D eigenvalue weighted by Crippen LogP contribution is 2.31. The molecular formula is C25H20Cl2N2O4S2. The van der Waals surface area contributed by atoms with Crippen LogP contribution in [0.2, 0.25) is 10.0 Å². The van der Waals surface area contributed by atoms with Gasteiger partial charge in [-0.3, -0.25) is 14.2 Å². The van der Waals surface area contributed by atoms with Gasteiger partial charge in [0.25, 0.3) is 5.56 Å². The van der Waals surface area contributed by atoms with Crippen molar-refractivity contribution in [2.45, 2.75) is 25.5 Å². The molecule has 10 heteroatoms. The molecule has 0 saturated heterocycles. The molecule has 0 bridgehead atoms. The van der Waals surface area contributed by atoms with Crippen molar-refractivity contribution in [3.8, 4) is 0 Å². The van der Waals surface area contributed by atoms with E-state index in [1.807, 2.05) is 18.2 Å². The van der Waals surface area contributed by atoms with Crippen molar-refractivity contribution in [1.82, 2.24) is 9.55 Å². The molecule has 4 aromatic rings. The number of halogens is 2. The fraction of sp³-hybridized carbons (Fsp3) is 0.200. The molecular weight excluding hydrogens is 527 g/mol. The molecule has 6 nitrogen and oxygen atoms in total. The summed E-state index contributed by atoms with van der Waals surface area (Å²) in [5.74, 6) is -0.547. The minimum Gasteiger partial charge on any atom is -0.462 e. The first-order valence-corrected chi connectivity index (χ1v) is 13.2. The van der Waals surface area contributed by atoms with Crippen LogP contribution in [0.5, 0.6) is 0 Å². The number of rotatable bonds is 8. The largest absolute Gasteiger partial charge is 0.462 e. The molecule has 0 saturated carbocycles. The zero-order chi connectivity index (χ0) is 25.1. The summed E-state index contributed by atoms with van der Waals surface area (Å²) in [7, 11) is 0. The summed E-state index contributed by atoms with van der Waals surface area (Å²) in [6.07, 6.45) is 0. The predicted molar refractivity (Wildman–Crippen MR) is 142 cm³/mol. The van der Waals surface area contributed by atoms with Crippen molar-refractivity contribution in [1.29, 1.82) is 0 Å². The fourth-order valence-electron chi connectivity index (χ4n) is 3.49. The van der Waals surface area contributed by atoms with Gasteiger partial charge in [0.05, 0.1) is 24.3 Å². The number of thiophene rings is 1. The quantitative estimate of drug-likeness (QED) is 0.112. The Labute approximate surface area is 219 Å². The van der Waals surface area contributed by atoms with Crippen LogP contribution in [-0.2, 0) is 11.3 Å². The molecule has 2 aromatic heterocycles. The molecule has 0 aliphatic rings. The standard InChI is InChI=1S/C25H20Cl2N2O4S2/c1-3-33-24(32)21-14(2)20-22(35-21)28-25(34-13-19(30)15-8-10-17(26)11-9-15)29(23(20)31)12-16-6-4-5-7-18(16)27/h4-11H,3,12-13H2,1-2H3. The molecule has 35 heavy (non-hydrogen) atoms. The van der Waals surface area contributed by atoms with Crippen molar-refractivity contribution >= 4 is 68.3 Å². The van der Waals surface area contributed by atoms with E-state index in [0.717, 1.165) is 28.7 Å². The zero-order valence-corrected chi connectivity index (χ0v) is 22.0. The van der Waals surface area contributed by atoms with Gasteiger partial charge >= 0.3 is 5.97 Å². The summed E-state index contributed by atoms with van der Waals surface area (Å²) in [4.78, 5) is 44.3. The van der Waals surface area contributed by atoms with E-state index in [9.17, 15) is 14.4 Å². The third-order valence-electron chi connectivity index (χ3n) is 5.26. The first-order valence-electron chi connectivity index (χ1n) is 10.7. The SMILES string of the molecule is CCOC(=O)c1sc2nc(SCC(=O)c3ccc(Cl)cc3)n(Cc3ccccc3Cl)c(=O)c2c1C. The van der Waals surface area contributed by atoms with E-state index in [0.29, 0.717) is 41.4 Å². The highest BCUT2D eigenvalue weighted by molar-refractivity contribution is 7.99. The summed E-state index contributed by atoms with van der Waals surface area (Å²) in [5.41, 5.74) is 1.48. The number of aromatic nitrogens is 2. The van der Waals surface area contributed by atoms with Crippen LogP contribution in [0.1, 0.15) is 38.1 Å². The lowest BCUT2D eigenvalue weighted by molar-refractivity contribution is 0.0531. The Bertz CT molecular complexity index is 1480. The normalized spacial score (nSPS) is 11.1. The Morgan fingerprint density at radius 3 is 2.51 bits per heavy atom. The maximum atomic E-state index is 13.7. The third kappa shape index (κ3) is 5.46. The number of nitrogens with zero attached hydrogens (tertiary/aromatic N) is 2. The topological polar surface area (TPSA) is 78.3 Å². The van der Waals surface area contributed by atoms with Gasteiger partial charge in [-0.1, -0.05) is 53.2 Å². The average Bonchev–Trinajstić information content (AvgIpc) is 3.17. The number of Topliss-reactive ketones (excluding diaryl/α,β-unsaturated/α-hetero) is 1. The number of fused-ring (bicyclic) bond motifs is 1. The van der Waals surface area contributed by atoms with Crippen LogP contribution < -0.4 is 5.56 Å². The van der Waals surface area contributed by atoms with Crippen LogP contribution in [0, 0.1) is 6.92 Å². The van der Waals surface area contributed by atoms with E-state index in [-0.39, 0.29) is 30.2 Å². The molecule has 0 amide bonds. The van der Waals surface area contributed by atoms with Crippen LogP contribution >= 0.6 is 46.3 Å². The number of ether oxygens (including phenoxy) is 1. The van der Waals surface area contributed by atoms with Gasteiger partial charge < -0.3 is 4.74 Å². The van der Waals surface area contributed by atoms with Gasteiger partial charge in [-0.25, -0.2) is 9.78 Å². The monoisotopic (exact) mass is 546 g/mol. The molecule has 2 aromatic carbocycles. The highest BCUT2D eigenvalue weighted by atomic mass is 35.5. The number of aryl methyl sites for hydroxylation is 1. The summed E-state index contributed by atoms with van der Waals surface area (Å²) in [6.45, 7) is 3.83. The molecule has 0 atom stereocenters. The Hall–Kier alpha value is -2.65. The van der Waals surface area contributed by atoms with Gasteiger partial charge in [0.15, 0.2) is 10.9 Å². The zero-order valence-electron chi connectivity index (χ0n) is 18.8. The number of ketones is 1. The molecule has 0 radical (unpaired) electrons. The number of hydrogen-bond donors (Lipinski definition) is 0. The minimum atomic E-state index is -0.489. The summed E-state index contributed by atoms with van der Waals surface area (Å²) in [5, 5.41) is 1.78. The van der Waals surface area contributed by atoms with E-state index in [1.165, 1.54) is 4.57 Å². The molecule has 0 aliphatic carbocycles. The number of thioether (sulfide) groups is 1. The van der Waals surface area contributed by atoms with Gasteiger partial charge in [0, 0.05) is 15.6 Å². The lowest BCUT2D eigenvalue weighted by Crippen LogP contribution is -2.24. The highest BCUT2D eigenvalue weighted by Gasteiger charge is 2.23. The molecule has 0 unspecified atom stereocenters. The second kappa shape index (κ2) is 11.0. The summed E-state index contributed by atoms with van der Waals surface area (Å²) < 4.78 is 6.64. The van der Waals surface area contributed by atoms with E-state index in [4.69, 9.17) is 27.9 Å². The van der Waals surface area contributed by atoms with Crippen LogP contribution in [0.15, 0.2) is 58.5 Å². The van der Waals surface area contributed by atoms with Crippen LogP contribution in [0.3, 0.4) is 0 Å². The minimum absolute atomic E-state index is 0.0667. The van der Waals surface area contributed by atoms with E-state index in [1.54, 1.807) is 44.2 Å². The predicted octanol–water partition coefficient (Wildman–Crippen LogP) is 6.27. The van der Waals surface area contributed by atoms with Crippen molar-refractivity contribution in [3.05, 3.63) is 90.5 Å². The molecule has 180 valence electrons. The number of carbonyl (C=O) groups excluding carboxylic acids is 2. The van der Waals surface area contributed by atoms with E-state index in [2.05, 4.69) is 4.98 Å². The van der Waals surface area contributed by atoms with Gasteiger partial charge in [-0.2, -0.15) is 0 Å². The molecule has 0 fully saturated rings. The second-order valence-corrected chi connectivity index (χ2v) is 10.3. The Morgan fingerprint density at radius 1 is 1.11 bits per heavy atom. The van der Waals surface area contributed by atoms with Crippen LogP contribution in [0.4, 0.5) is 0 Å². The first kappa shape index (κ1) is 25.4. The molecule has 0 N–H and O–H groups in total. The lowest BCUT2D eigenvalue weighted by Gasteiger charge is -2.13. The molecule has 2 heterocycles. The third-order valence-corrected chi connectivity index (χ3v) is 8.02. The summed E-state index contributed by atoms with van der Waals surface area (Å²) in [6, 6.07) is 13.9. The number of benzene rings is 2. The molecule has 0 spiro atoms. The Morgan fingerprint density at radius 2 is 1.83 bits per heavy atom. The lowest BCUT2D eigenvalue weighted by atomic mass is 10.1. The maximum Gasteiger partial charge on any atom is 0.348 e. The van der Waals surface area contributed by atoms with Gasteiger partial charge in [0.1, 0.15) is 9.71 Å². The van der Waals surface area contributed by atoms with Crippen LogP contribution in [0.25, 0.3) is 10.2 Å². The first-order chi connectivity index (χ1) is 16.8. The van der Waals surface area contributed by atoms with Crippen molar-refractivity contribution in [2.24, 2.45) is 0 Å². The molecule has 0 aliphatic heterocycles. The smallest absolute Gasteiger partial charge is 0.348 e. The van der Waals surface area contributed by atoms with Gasteiger partial charge in [0.2, 0.25) is 0 Å². The molecule has 4 rings (SSSR count). The maximum absolute atomic E-state index is 13.7. The fourth-order valence-corrected chi connectivity index (χ4v) is 5.82. The average molecular weight is 547 g/mol. The van der Waals surface area contributed by atoms with Crippen molar-refractivity contribution in [3.63, 3.8) is 0 Å². The second-order valence-electron chi connectivity index (χ2n) is 7.55. The Kier molecular flexibility index (Phi) is 7.96. The van der Waals surface area contributed by atoms with Gasteiger partial charge in [-0.05, 0) is 55.3 Å². The summed E-state index contributed by atoms with van der Waals surface area (Å²) >= 11 is 14.6. The van der Waals surface area contributed by atoms with Gasteiger partial charge in [-0.15, -0.1) is 11.3 Å². The number of esters is 1. The van der Waals surface area contributed by atoms with E-state index < -0.39 is 5.97 Å². The number of carbonyl (C=O) groups is 2. The van der Waals surface area contributed by atoms with Crippen LogP contribution in [-0.4, -0.2) is 33.7 Å². The van der Waals surface area contributed by atoms with Crippen molar-refractivity contribution in [2.75, 3.05) is 12.4 Å². The van der Waals surface area contributed by atoms with Crippen molar-refractivity contribution < 1.29 is 14.3 Å². The van der Waals surface area contributed by atoms with E-state index >= 15 is 0 Å².